The summed E-state index contributed by atoms with van der Waals surface area (Å²) >= 11 is 0. The lowest BCUT2D eigenvalue weighted by Crippen LogP contribution is -2.39. The molecule has 0 bridgehead atoms. The number of carbonyl (C=O) groups excluding carboxylic acids is 1. The SMILES string of the molecule is COc1cccc(C=C2Oc3c(cc4c(c3C)OCN(CCCN3CCOCC3)C4)C2=O)c1. The lowest BCUT2D eigenvalue weighted by atomic mass is 10.00. The lowest BCUT2D eigenvalue weighted by molar-refractivity contribution is 0.0329. The van der Waals surface area contributed by atoms with Crippen LogP contribution in [0.1, 0.15) is 33.5 Å². The zero-order chi connectivity index (χ0) is 22.8. The summed E-state index contributed by atoms with van der Waals surface area (Å²) in [6.45, 7) is 9.00. The highest BCUT2D eigenvalue weighted by molar-refractivity contribution is 6.15. The van der Waals surface area contributed by atoms with E-state index in [-0.39, 0.29) is 5.78 Å². The Morgan fingerprint density at radius 3 is 2.73 bits per heavy atom. The molecule has 0 amide bonds. The molecule has 0 atom stereocenters. The molecule has 0 spiro atoms. The minimum atomic E-state index is -0.0943. The average molecular weight is 451 g/mol. The van der Waals surface area contributed by atoms with Gasteiger partial charge in [0.15, 0.2) is 5.76 Å². The molecule has 3 aliphatic heterocycles. The summed E-state index contributed by atoms with van der Waals surface area (Å²) < 4.78 is 22.8. The highest BCUT2D eigenvalue weighted by Crippen LogP contribution is 2.43. The van der Waals surface area contributed by atoms with Gasteiger partial charge in [-0.1, -0.05) is 12.1 Å². The van der Waals surface area contributed by atoms with Gasteiger partial charge in [0, 0.05) is 37.3 Å². The van der Waals surface area contributed by atoms with Gasteiger partial charge < -0.3 is 18.9 Å². The summed E-state index contributed by atoms with van der Waals surface area (Å²) in [7, 11) is 1.62. The smallest absolute Gasteiger partial charge is 0.231 e. The van der Waals surface area contributed by atoms with E-state index in [4.69, 9.17) is 18.9 Å². The van der Waals surface area contributed by atoms with Crippen LogP contribution in [0.5, 0.6) is 17.2 Å². The molecule has 33 heavy (non-hydrogen) atoms. The molecular weight excluding hydrogens is 420 g/mol. The van der Waals surface area contributed by atoms with Gasteiger partial charge in [0.1, 0.15) is 24.0 Å². The molecule has 0 saturated carbocycles. The van der Waals surface area contributed by atoms with Crippen molar-refractivity contribution in [3.05, 3.63) is 58.3 Å². The van der Waals surface area contributed by atoms with Crippen LogP contribution in [0, 0.1) is 6.92 Å². The summed E-state index contributed by atoms with van der Waals surface area (Å²) in [6.07, 6.45) is 2.85. The molecule has 0 aromatic heterocycles. The van der Waals surface area contributed by atoms with E-state index in [0.717, 1.165) is 80.5 Å². The van der Waals surface area contributed by atoms with E-state index < -0.39 is 0 Å². The molecule has 2 aromatic carbocycles. The Balaban J connectivity index is 1.29. The zero-order valence-electron chi connectivity index (χ0n) is 19.3. The third-order valence-corrected chi connectivity index (χ3v) is 6.45. The lowest BCUT2D eigenvalue weighted by Gasteiger charge is -2.31. The van der Waals surface area contributed by atoms with Gasteiger partial charge in [-0.15, -0.1) is 0 Å². The van der Waals surface area contributed by atoms with Gasteiger partial charge >= 0.3 is 0 Å². The fourth-order valence-corrected chi connectivity index (χ4v) is 4.67. The molecule has 0 radical (unpaired) electrons. The van der Waals surface area contributed by atoms with Crippen LogP contribution in [0.3, 0.4) is 0 Å². The van der Waals surface area contributed by atoms with Gasteiger partial charge in [-0.2, -0.15) is 0 Å². The van der Waals surface area contributed by atoms with E-state index in [9.17, 15) is 4.79 Å². The Labute approximate surface area is 194 Å². The second-order valence-corrected chi connectivity index (χ2v) is 8.72. The van der Waals surface area contributed by atoms with Gasteiger partial charge in [-0.05, 0) is 49.7 Å². The van der Waals surface area contributed by atoms with E-state index in [1.54, 1.807) is 13.2 Å². The first-order valence-electron chi connectivity index (χ1n) is 11.5. The molecule has 174 valence electrons. The summed E-state index contributed by atoms with van der Waals surface area (Å²) in [6, 6.07) is 9.51. The van der Waals surface area contributed by atoms with E-state index in [1.807, 2.05) is 37.3 Å². The van der Waals surface area contributed by atoms with Crippen molar-refractivity contribution >= 4 is 11.9 Å². The third kappa shape index (κ3) is 4.62. The molecule has 7 heteroatoms. The van der Waals surface area contributed by atoms with E-state index in [1.165, 1.54) is 0 Å². The standard InChI is InChI=1S/C26H30N2O5/c1-18-25-20(16-28(17-32-25)8-4-7-27-9-11-31-12-10-27)15-22-24(29)23(33-26(18)22)14-19-5-3-6-21(13-19)30-2/h3,5-6,13-15H,4,7-12,16-17H2,1-2H3. The number of morpholine rings is 1. The zero-order valence-corrected chi connectivity index (χ0v) is 19.3. The topological polar surface area (TPSA) is 60.5 Å². The molecule has 0 unspecified atom stereocenters. The van der Waals surface area contributed by atoms with Crippen molar-refractivity contribution in [2.45, 2.75) is 19.9 Å². The quantitative estimate of drug-likeness (QED) is 0.625. The third-order valence-electron chi connectivity index (χ3n) is 6.45. The number of hydrogen-bond acceptors (Lipinski definition) is 7. The van der Waals surface area contributed by atoms with Gasteiger partial charge in [0.2, 0.25) is 5.78 Å². The Kier molecular flexibility index (Phi) is 6.35. The van der Waals surface area contributed by atoms with Crippen molar-refractivity contribution in [2.24, 2.45) is 0 Å². The van der Waals surface area contributed by atoms with Crippen molar-refractivity contribution < 1.29 is 23.7 Å². The Morgan fingerprint density at radius 2 is 1.91 bits per heavy atom. The highest BCUT2D eigenvalue weighted by Gasteiger charge is 2.33. The second kappa shape index (κ2) is 9.55. The molecule has 7 nitrogen and oxygen atoms in total. The molecule has 3 aliphatic rings. The van der Waals surface area contributed by atoms with Crippen molar-refractivity contribution in [3.8, 4) is 17.2 Å². The molecule has 0 aliphatic carbocycles. The number of carbonyl (C=O) groups is 1. The normalized spacial score (nSPS) is 19.7. The molecule has 1 saturated heterocycles. The second-order valence-electron chi connectivity index (χ2n) is 8.72. The number of nitrogens with zero attached hydrogens (tertiary/aromatic N) is 2. The molecule has 2 aromatic rings. The van der Waals surface area contributed by atoms with Gasteiger partial charge in [0.05, 0.1) is 25.9 Å². The van der Waals surface area contributed by atoms with Crippen molar-refractivity contribution in [1.82, 2.24) is 9.80 Å². The van der Waals surface area contributed by atoms with E-state index >= 15 is 0 Å². The van der Waals surface area contributed by atoms with Crippen LogP contribution in [0.4, 0.5) is 0 Å². The molecule has 5 rings (SSSR count). The van der Waals surface area contributed by atoms with Crippen LogP contribution in [0.15, 0.2) is 36.1 Å². The Hall–Kier alpha value is -2.87. The number of hydrogen-bond donors (Lipinski definition) is 0. The van der Waals surface area contributed by atoms with Crippen molar-refractivity contribution in [3.63, 3.8) is 0 Å². The van der Waals surface area contributed by atoms with Gasteiger partial charge in [-0.25, -0.2) is 0 Å². The van der Waals surface area contributed by atoms with Crippen LogP contribution in [-0.2, 0) is 11.3 Å². The molecule has 0 N–H and O–H groups in total. The summed E-state index contributed by atoms with van der Waals surface area (Å²) in [5, 5.41) is 0. The summed E-state index contributed by atoms with van der Waals surface area (Å²) in [4.78, 5) is 17.9. The van der Waals surface area contributed by atoms with Crippen molar-refractivity contribution in [1.29, 1.82) is 0 Å². The fraction of sp³-hybridized carbons (Fsp3) is 0.423. The minimum Gasteiger partial charge on any atom is -0.497 e. The monoisotopic (exact) mass is 450 g/mol. The number of rotatable bonds is 6. The Bertz CT molecular complexity index is 1070. The fourth-order valence-electron chi connectivity index (χ4n) is 4.67. The molecular formula is C26H30N2O5. The minimum absolute atomic E-state index is 0.0943. The van der Waals surface area contributed by atoms with Gasteiger partial charge in [0.25, 0.3) is 0 Å². The highest BCUT2D eigenvalue weighted by atomic mass is 16.5. The van der Waals surface area contributed by atoms with E-state index in [0.29, 0.717) is 23.8 Å². The number of allylic oxidation sites excluding steroid dienone is 1. The van der Waals surface area contributed by atoms with Crippen LogP contribution in [-0.4, -0.2) is 68.8 Å². The van der Waals surface area contributed by atoms with Crippen LogP contribution in [0.2, 0.25) is 0 Å². The number of Topliss-reactive ketones (excluding diaryl/α,β-unsaturated/α-hetero) is 1. The van der Waals surface area contributed by atoms with Crippen LogP contribution < -0.4 is 14.2 Å². The molecule has 3 heterocycles. The predicted molar refractivity (Wildman–Crippen MR) is 125 cm³/mol. The maximum absolute atomic E-state index is 13.1. The van der Waals surface area contributed by atoms with Gasteiger partial charge in [-0.3, -0.25) is 14.6 Å². The predicted octanol–water partition coefficient (Wildman–Crippen LogP) is 3.49. The van der Waals surface area contributed by atoms with E-state index in [2.05, 4.69) is 9.80 Å². The number of ether oxygens (including phenoxy) is 4. The number of fused-ring (bicyclic) bond motifs is 2. The largest absolute Gasteiger partial charge is 0.497 e. The first-order chi connectivity index (χ1) is 16.1. The molecule has 1 fully saturated rings. The summed E-state index contributed by atoms with van der Waals surface area (Å²) in [5.74, 6) is 2.41. The van der Waals surface area contributed by atoms with Crippen LogP contribution in [0.25, 0.3) is 6.08 Å². The number of ketones is 1. The average Bonchev–Trinajstić information content (AvgIpc) is 3.15. The maximum atomic E-state index is 13.1. The number of methoxy groups -OCH3 is 1. The van der Waals surface area contributed by atoms with Crippen LogP contribution >= 0.6 is 0 Å². The Morgan fingerprint density at radius 1 is 1.09 bits per heavy atom. The first kappa shape index (κ1) is 21.9. The van der Waals surface area contributed by atoms with Crippen molar-refractivity contribution in [2.75, 3.05) is 53.2 Å². The summed E-state index contributed by atoms with van der Waals surface area (Å²) in [5.41, 5.74) is 3.40. The number of benzene rings is 2. The maximum Gasteiger partial charge on any atom is 0.231 e. The first-order valence-corrected chi connectivity index (χ1v) is 11.5.